The molecule has 542 valence electrons. The molecule has 22 rings (SSSR count). The zero-order valence-corrected chi connectivity index (χ0v) is 63.5. The normalized spacial score (nSPS) is 12.9. The van der Waals surface area contributed by atoms with Gasteiger partial charge in [-0.1, -0.05) is 328 Å². The predicted octanol–water partition coefficient (Wildman–Crippen LogP) is 30.5. The Hall–Kier alpha value is -15.4. The summed E-state index contributed by atoms with van der Waals surface area (Å²) >= 11 is 0. The van der Waals surface area contributed by atoms with E-state index in [1.54, 1.807) is 0 Å². The van der Waals surface area contributed by atoms with Gasteiger partial charge in [0.2, 0.25) is 0 Å². The third-order valence-corrected chi connectivity index (χ3v) is 23.5. The first kappa shape index (κ1) is 67.5. The van der Waals surface area contributed by atoms with E-state index in [0.717, 1.165) is 135 Å². The van der Waals surface area contributed by atoms with E-state index in [2.05, 4.69) is 469 Å². The number of rotatable bonds is 11. The summed E-state index contributed by atoms with van der Waals surface area (Å²) < 4.78 is 0. The Bertz CT molecular complexity index is 6720. The largest absolute Gasteiger partial charge is 0.309 e. The topological polar surface area (TPSA) is 13.0 Å². The van der Waals surface area contributed by atoms with Gasteiger partial charge in [-0.3, -0.25) is 0 Å². The van der Waals surface area contributed by atoms with Crippen LogP contribution in [-0.4, -0.2) is 0 Å². The fourth-order valence-electron chi connectivity index (χ4n) is 18.4. The first-order valence-electron chi connectivity index (χ1n) is 39.9. The van der Waals surface area contributed by atoms with Crippen LogP contribution in [0.15, 0.2) is 449 Å². The standard InChI is InChI=1S/C112H74N4/c1-5-33-75(34-6-1)83-45-31-47-89(69-83)113-101-57-21-13-49-93(101)109(94-50-14-22-58-102(94)113)110-95-51-15-23-59-103(95)114(104-60-24-16-52-96(104)110)90-48-32-46-84(70-90)81-43-29-41-79(65-81)80-42-30-44-82(66-80)88-68-87(78-39-11-4-12-40-78)73-92(74-88)116-107-63-27-19-55-99(107)112(100-56-20-28-64-108(100)116)111-97-53-17-25-61-105(97)115(106-62-26-18-54-98(106)111)91-71-85(76-35-7-2-8-36-76)67-86(72-91)77-37-9-3-10-38-77/h1-74H. The van der Waals surface area contributed by atoms with Gasteiger partial charge in [0.05, 0.1) is 45.5 Å². The second kappa shape index (κ2) is 28.4. The second-order valence-electron chi connectivity index (χ2n) is 30.2. The van der Waals surface area contributed by atoms with E-state index in [4.69, 9.17) is 0 Å². The molecule has 0 bridgehead atoms. The van der Waals surface area contributed by atoms with Crippen LogP contribution >= 0.6 is 0 Å². The van der Waals surface area contributed by atoms with Gasteiger partial charge in [0.25, 0.3) is 0 Å². The second-order valence-corrected chi connectivity index (χ2v) is 30.2. The Morgan fingerprint density at radius 1 is 0.103 bits per heavy atom. The lowest BCUT2D eigenvalue weighted by atomic mass is 9.79. The van der Waals surface area contributed by atoms with Crippen molar-refractivity contribution in [2.75, 3.05) is 19.6 Å². The molecule has 0 saturated carbocycles. The Morgan fingerprint density at radius 2 is 0.259 bits per heavy atom. The number of hydrogen-bond acceptors (Lipinski definition) is 4. The maximum atomic E-state index is 2.51. The fraction of sp³-hybridized carbons (Fsp3) is 0. The summed E-state index contributed by atoms with van der Waals surface area (Å²) in [7, 11) is 0. The Labute approximate surface area is 676 Å². The molecule has 4 aliphatic heterocycles. The summed E-state index contributed by atoms with van der Waals surface area (Å²) in [6.45, 7) is 0. The van der Waals surface area contributed by atoms with Crippen molar-refractivity contribution in [3.8, 4) is 77.9 Å². The molecule has 18 aromatic carbocycles. The Kier molecular flexibility index (Phi) is 16.6. The highest BCUT2D eigenvalue weighted by Crippen LogP contribution is 2.60. The van der Waals surface area contributed by atoms with Gasteiger partial charge in [-0.05, 0) is 199 Å². The van der Waals surface area contributed by atoms with Gasteiger partial charge in [-0.2, -0.15) is 0 Å². The van der Waals surface area contributed by atoms with Crippen molar-refractivity contribution >= 4 is 90.5 Å². The van der Waals surface area contributed by atoms with E-state index in [1.807, 2.05) is 0 Å². The zero-order chi connectivity index (χ0) is 76.6. The summed E-state index contributed by atoms with van der Waals surface area (Å²) in [5.41, 5.74) is 43.8. The maximum Gasteiger partial charge on any atom is 0.0540 e. The number of benzene rings is 18. The van der Waals surface area contributed by atoms with Gasteiger partial charge in [0.1, 0.15) is 0 Å². The molecule has 0 aliphatic carbocycles. The fourth-order valence-corrected chi connectivity index (χ4v) is 18.4. The molecule has 18 aromatic rings. The minimum atomic E-state index is 1.07. The molecule has 4 heterocycles. The SMILES string of the molecule is c1ccc(-c2cccc(N3c4ccccc4C(=C4c5ccccc5N(c5cccc(-c6cccc(-c7cccc(-c8cc(-c9ccccc9)cc(N9c%10ccccc%10C(=C%10c%11ccccc%11N(c%11cc(-c%12ccccc%12)cc(-c%12ccccc%12)c%11)c%11ccccc%11%10)c%10ccccc%109)c8)c7)c6)c5)c5ccccc54)c4ccccc43)c2)cc1. The third kappa shape index (κ3) is 11.6. The van der Waals surface area contributed by atoms with E-state index in [9.17, 15) is 0 Å². The summed E-state index contributed by atoms with van der Waals surface area (Å²) in [5.74, 6) is 0. The lowest BCUT2D eigenvalue weighted by Crippen LogP contribution is -2.22. The van der Waals surface area contributed by atoms with Crippen molar-refractivity contribution in [1.82, 2.24) is 0 Å². The average molecular weight is 1480 g/mol. The zero-order valence-electron chi connectivity index (χ0n) is 63.5. The average Bonchev–Trinajstić information content (AvgIpc) is 0.714. The molecule has 0 fully saturated rings. The van der Waals surface area contributed by atoms with Crippen LogP contribution in [-0.2, 0) is 0 Å². The lowest BCUT2D eigenvalue weighted by molar-refractivity contribution is 1.22. The van der Waals surface area contributed by atoms with E-state index in [0.29, 0.717) is 0 Å². The quantitative estimate of drug-likeness (QED) is 0.128. The highest BCUT2D eigenvalue weighted by atomic mass is 15.2. The molecule has 0 amide bonds. The van der Waals surface area contributed by atoms with E-state index in [-0.39, 0.29) is 0 Å². The number of hydrogen-bond donors (Lipinski definition) is 0. The van der Waals surface area contributed by atoms with Crippen LogP contribution in [0.2, 0.25) is 0 Å². The summed E-state index contributed by atoms with van der Waals surface area (Å²) in [4.78, 5) is 9.91. The van der Waals surface area contributed by atoms with Crippen LogP contribution in [0.1, 0.15) is 44.5 Å². The molecule has 0 aromatic heterocycles. The first-order valence-corrected chi connectivity index (χ1v) is 39.9. The van der Waals surface area contributed by atoms with Gasteiger partial charge in [0, 0.05) is 89.5 Å². The molecule has 4 heteroatoms. The van der Waals surface area contributed by atoms with Crippen molar-refractivity contribution in [1.29, 1.82) is 0 Å². The molecule has 0 radical (unpaired) electrons. The van der Waals surface area contributed by atoms with Crippen LogP contribution in [0, 0.1) is 0 Å². The number of nitrogens with zero attached hydrogens (tertiary/aromatic N) is 4. The lowest BCUT2D eigenvalue weighted by Gasteiger charge is -2.39. The molecular formula is C112H74N4. The smallest absolute Gasteiger partial charge is 0.0540 e. The minimum Gasteiger partial charge on any atom is -0.309 e. The van der Waals surface area contributed by atoms with Crippen molar-refractivity contribution in [2.45, 2.75) is 0 Å². The van der Waals surface area contributed by atoms with Crippen LogP contribution in [0.5, 0.6) is 0 Å². The van der Waals surface area contributed by atoms with Gasteiger partial charge in [-0.15, -0.1) is 0 Å². The molecule has 0 spiro atoms. The summed E-state index contributed by atoms with van der Waals surface area (Å²) in [6, 6.07) is 166. The third-order valence-electron chi connectivity index (χ3n) is 23.5. The van der Waals surface area contributed by atoms with Crippen molar-refractivity contribution in [3.63, 3.8) is 0 Å². The summed E-state index contributed by atoms with van der Waals surface area (Å²) in [6.07, 6.45) is 0. The molecule has 0 N–H and O–H groups in total. The van der Waals surface area contributed by atoms with Crippen LogP contribution in [0.25, 0.3) is 100 Å². The van der Waals surface area contributed by atoms with Crippen LogP contribution < -0.4 is 19.6 Å². The number of para-hydroxylation sites is 8. The molecule has 0 atom stereocenters. The van der Waals surface area contributed by atoms with Gasteiger partial charge in [0.15, 0.2) is 0 Å². The highest BCUT2D eigenvalue weighted by Gasteiger charge is 2.38. The minimum absolute atomic E-state index is 1.07. The van der Waals surface area contributed by atoms with Crippen molar-refractivity contribution < 1.29 is 0 Å². The van der Waals surface area contributed by atoms with Gasteiger partial charge in [-0.25, -0.2) is 0 Å². The molecule has 4 nitrogen and oxygen atoms in total. The first-order chi connectivity index (χ1) is 57.6. The summed E-state index contributed by atoms with van der Waals surface area (Å²) in [5, 5.41) is 0. The van der Waals surface area contributed by atoms with E-state index in [1.165, 1.54) is 77.9 Å². The van der Waals surface area contributed by atoms with Crippen molar-refractivity contribution in [3.05, 3.63) is 493 Å². The van der Waals surface area contributed by atoms with Crippen molar-refractivity contribution in [2.24, 2.45) is 0 Å². The molecule has 116 heavy (non-hydrogen) atoms. The van der Waals surface area contributed by atoms with Crippen LogP contribution in [0.3, 0.4) is 0 Å². The Morgan fingerprint density at radius 3 is 0.517 bits per heavy atom. The number of fused-ring (bicyclic) bond motifs is 8. The highest BCUT2D eigenvalue weighted by molar-refractivity contribution is 6.20. The maximum absolute atomic E-state index is 2.51. The predicted molar refractivity (Wildman–Crippen MR) is 486 cm³/mol. The molecular weight excluding hydrogens is 1400 g/mol. The van der Waals surface area contributed by atoms with Crippen LogP contribution in [0.4, 0.5) is 68.2 Å². The molecule has 0 unspecified atom stereocenters. The molecule has 4 aliphatic rings. The number of anilines is 12. The van der Waals surface area contributed by atoms with E-state index >= 15 is 0 Å². The Balaban J connectivity index is 0.623. The van der Waals surface area contributed by atoms with Gasteiger partial charge >= 0.3 is 0 Å². The monoisotopic (exact) mass is 1470 g/mol. The van der Waals surface area contributed by atoms with E-state index < -0.39 is 0 Å². The molecule has 0 saturated heterocycles. The van der Waals surface area contributed by atoms with Gasteiger partial charge < -0.3 is 19.6 Å².